The lowest BCUT2D eigenvalue weighted by Gasteiger charge is -2.23. The Labute approximate surface area is 117 Å². The van der Waals surface area contributed by atoms with Gasteiger partial charge < -0.3 is 10.4 Å². The number of aliphatic hydroxyl groups is 1. The fourth-order valence-electron chi connectivity index (χ4n) is 1.48. The van der Waals surface area contributed by atoms with E-state index in [0.717, 1.165) is 11.4 Å². The van der Waals surface area contributed by atoms with E-state index in [1.165, 1.54) is 0 Å². The van der Waals surface area contributed by atoms with Gasteiger partial charge in [0, 0.05) is 17.8 Å². The molecule has 0 radical (unpaired) electrons. The van der Waals surface area contributed by atoms with Gasteiger partial charge in [0.15, 0.2) is 0 Å². The van der Waals surface area contributed by atoms with Crippen LogP contribution in [0.1, 0.15) is 58.0 Å². The first-order chi connectivity index (χ1) is 7.79. The summed E-state index contributed by atoms with van der Waals surface area (Å²) < 4.78 is 0. The predicted molar refractivity (Wildman–Crippen MR) is 81.4 cm³/mol. The summed E-state index contributed by atoms with van der Waals surface area (Å²) in [7, 11) is 0. The van der Waals surface area contributed by atoms with Crippen molar-refractivity contribution in [3.63, 3.8) is 0 Å². The van der Waals surface area contributed by atoms with E-state index in [1.807, 2.05) is 18.2 Å². The lowest BCUT2D eigenvalue weighted by molar-refractivity contribution is 0.158. The number of hydrogen-bond acceptors (Lipinski definition) is 3. The molecule has 1 aromatic rings. The van der Waals surface area contributed by atoms with E-state index in [1.54, 1.807) is 0 Å². The molecular formula is C14H26N2OS. The topological polar surface area (TPSA) is 45.1 Å². The van der Waals surface area contributed by atoms with Crippen molar-refractivity contribution in [1.29, 1.82) is 0 Å². The van der Waals surface area contributed by atoms with Gasteiger partial charge in [-0.3, -0.25) is 4.98 Å². The Morgan fingerprint density at radius 1 is 1.22 bits per heavy atom. The molecule has 18 heavy (non-hydrogen) atoms. The highest BCUT2D eigenvalue weighted by molar-refractivity contribution is 7.59. The maximum absolute atomic E-state index is 10.1. The van der Waals surface area contributed by atoms with Gasteiger partial charge >= 0.3 is 0 Å². The van der Waals surface area contributed by atoms with Crippen LogP contribution in [0.3, 0.4) is 0 Å². The monoisotopic (exact) mass is 270 g/mol. The van der Waals surface area contributed by atoms with Crippen molar-refractivity contribution in [1.82, 2.24) is 10.3 Å². The number of aromatic nitrogens is 1. The number of aliphatic hydroxyl groups excluding tert-OH is 1. The largest absolute Gasteiger partial charge is 0.385 e. The van der Waals surface area contributed by atoms with Crippen molar-refractivity contribution in [2.75, 3.05) is 6.54 Å². The molecule has 1 aromatic heterocycles. The molecule has 2 N–H and O–H groups in total. The first-order valence-corrected chi connectivity index (χ1v) is 6.19. The second kappa shape index (κ2) is 7.12. The van der Waals surface area contributed by atoms with E-state index in [4.69, 9.17) is 0 Å². The standard InChI is InChI=1S/C14H24N2O.H2S/c1-10(2)11-7-6-8-12(16-11)13(17)9-15-14(3,4)5;/h6-8,10,13,15,17H,9H2,1-5H3;1H2/t13-;/m0./s1. The number of pyridine rings is 1. The first-order valence-electron chi connectivity index (χ1n) is 6.19. The van der Waals surface area contributed by atoms with Crippen LogP contribution in [0.25, 0.3) is 0 Å². The van der Waals surface area contributed by atoms with Crippen LogP contribution < -0.4 is 5.32 Å². The van der Waals surface area contributed by atoms with Crippen molar-refractivity contribution in [3.8, 4) is 0 Å². The van der Waals surface area contributed by atoms with Gasteiger partial charge in [0.1, 0.15) is 6.10 Å². The van der Waals surface area contributed by atoms with Crippen molar-refractivity contribution < 1.29 is 5.11 Å². The molecular weight excluding hydrogens is 244 g/mol. The van der Waals surface area contributed by atoms with Crippen LogP contribution in [0.2, 0.25) is 0 Å². The minimum atomic E-state index is -0.548. The molecule has 1 atom stereocenters. The number of β-amino-alcohol motifs (C(OH)–C–C–N with tert-alkyl or cyclic N) is 1. The third-order valence-corrected chi connectivity index (χ3v) is 2.55. The van der Waals surface area contributed by atoms with E-state index in [2.05, 4.69) is 44.9 Å². The lowest BCUT2D eigenvalue weighted by atomic mass is 10.1. The van der Waals surface area contributed by atoms with Crippen LogP contribution >= 0.6 is 13.5 Å². The average Bonchev–Trinajstić information content (AvgIpc) is 2.25. The van der Waals surface area contributed by atoms with E-state index >= 15 is 0 Å². The van der Waals surface area contributed by atoms with Crippen molar-refractivity contribution in [3.05, 3.63) is 29.6 Å². The molecule has 0 saturated heterocycles. The van der Waals surface area contributed by atoms with Gasteiger partial charge in [0.25, 0.3) is 0 Å². The van der Waals surface area contributed by atoms with Crippen LogP contribution in [-0.4, -0.2) is 22.2 Å². The third-order valence-electron chi connectivity index (χ3n) is 2.55. The van der Waals surface area contributed by atoms with Gasteiger partial charge in [-0.05, 0) is 38.8 Å². The van der Waals surface area contributed by atoms with Crippen molar-refractivity contribution >= 4 is 13.5 Å². The van der Waals surface area contributed by atoms with Gasteiger partial charge in [-0.1, -0.05) is 19.9 Å². The average molecular weight is 270 g/mol. The summed E-state index contributed by atoms with van der Waals surface area (Å²) in [5.74, 6) is 0.387. The SMILES string of the molecule is CC(C)c1cccc([C@@H](O)CNC(C)(C)C)n1.S. The molecule has 0 aliphatic carbocycles. The first kappa shape index (κ1) is 17.4. The summed E-state index contributed by atoms with van der Waals surface area (Å²) in [6.45, 7) is 11.0. The Hall–Kier alpha value is -0.580. The van der Waals surface area contributed by atoms with Crippen molar-refractivity contribution in [2.45, 2.75) is 52.2 Å². The van der Waals surface area contributed by atoms with E-state index in [0.29, 0.717) is 12.5 Å². The molecule has 1 rings (SSSR count). The van der Waals surface area contributed by atoms with E-state index < -0.39 is 6.10 Å². The van der Waals surface area contributed by atoms with Crippen LogP contribution in [0.15, 0.2) is 18.2 Å². The predicted octanol–water partition coefficient (Wildman–Crippen LogP) is 2.74. The maximum atomic E-state index is 10.1. The lowest BCUT2D eigenvalue weighted by Crippen LogP contribution is -2.38. The van der Waals surface area contributed by atoms with Crippen LogP contribution in [0.4, 0.5) is 0 Å². The molecule has 0 unspecified atom stereocenters. The summed E-state index contributed by atoms with van der Waals surface area (Å²) >= 11 is 0. The van der Waals surface area contributed by atoms with Crippen LogP contribution in [0.5, 0.6) is 0 Å². The molecule has 104 valence electrons. The zero-order valence-corrected chi connectivity index (χ0v) is 13.0. The number of rotatable bonds is 4. The second-order valence-corrected chi connectivity index (χ2v) is 5.79. The molecule has 0 amide bonds. The highest BCUT2D eigenvalue weighted by atomic mass is 32.1. The quantitative estimate of drug-likeness (QED) is 0.884. The van der Waals surface area contributed by atoms with Crippen LogP contribution in [0, 0.1) is 0 Å². The molecule has 0 spiro atoms. The summed E-state index contributed by atoms with van der Waals surface area (Å²) in [6, 6.07) is 5.83. The highest BCUT2D eigenvalue weighted by Gasteiger charge is 2.15. The number of nitrogens with one attached hydrogen (secondary N) is 1. The summed E-state index contributed by atoms with van der Waals surface area (Å²) in [4.78, 5) is 4.48. The van der Waals surface area contributed by atoms with E-state index in [-0.39, 0.29) is 19.0 Å². The summed E-state index contributed by atoms with van der Waals surface area (Å²) in [5, 5.41) is 13.3. The normalized spacial score (nSPS) is 13.3. The molecule has 0 aromatic carbocycles. The Bertz CT molecular complexity index is 361. The van der Waals surface area contributed by atoms with Gasteiger partial charge in [-0.15, -0.1) is 0 Å². The van der Waals surface area contributed by atoms with Crippen molar-refractivity contribution in [2.24, 2.45) is 0 Å². The third kappa shape index (κ3) is 5.85. The minimum Gasteiger partial charge on any atom is -0.385 e. The molecule has 1 heterocycles. The second-order valence-electron chi connectivity index (χ2n) is 5.79. The zero-order valence-electron chi connectivity index (χ0n) is 12.0. The highest BCUT2D eigenvalue weighted by Crippen LogP contribution is 2.16. The molecule has 4 heteroatoms. The molecule has 0 aliphatic rings. The Morgan fingerprint density at radius 2 is 1.78 bits per heavy atom. The zero-order chi connectivity index (χ0) is 13.1. The smallest absolute Gasteiger partial charge is 0.108 e. The number of hydrogen-bond donors (Lipinski definition) is 2. The van der Waals surface area contributed by atoms with Gasteiger partial charge in [-0.2, -0.15) is 13.5 Å². The molecule has 0 bridgehead atoms. The fourth-order valence-corrected chi connectivity index (χ4v) is 1.48. The molecule has 3 nitrogen and oxygen atoms in total. The Balaban J connectivity index is 0.00000289. The Kier molecular flexibility index (Phi) is 6.89. The summed E-state index contributed by atoms with van der Waals surface area (Å²) in [6.07, 6.45) is -0.548. The van der Waals surface area contributed by atoms with E-state index in [9.17, 15) is 5.11 Å². The molecule has 0 fully saturated rings. The van der Waals surface area contributed by atoms with Gasteiger partial charge in [0.2, 0.25) is 0 Å². The van der Waals surface area contributed by atoms with Gasteiger partial charge in [0.05, 0.1) is 5.69 Å². The van der Waals surface area contributed by atoms with Crippen LogP contribution in [-0.2, 0) is 0 Å². The minimum absolute atomic E-state index is 0. The maximum Gasteiger partial charge on any atom is 0.108 e. The summed E-state index contributed by atoms with van der Waals surface area (Å²) in [5.41, 5.74) is 1.78. The molecule has 0 aliphatic heterocycles. The fraction of sp³-hybridized carbons (Fsp3) is 0.643. The number of nitrogens with zero attached hydrogens (tertiary/aromatic N) is 1. The Morgan fingerprint density at radius 3 is 2.28 bits per heavy atom. The van der Waals surface area contributed by atoms with Gasteiger partial charge in [-0.25, -0.2) is 0 Å². The molecule has 0 saturated carbocycles.